The predicted octanol–water partition coefficient (Wildman–Crippen LogP) is 5.32. The number of aryl methyl sites for hydroxylation is 1. The first-order chi connectivity index (χ1) is 10.7. The van der Waals surface area contributed by atoms with Gasteiger partial charge in [-0.3, -0.25) is 0 Å². The van der Waals surface area contributed by atoms with E-state index >= 15 is 0 Å². The molecular formula is C17H13BrN2OS. The molecule has 0 amide bonds. The molecular weight excluding hydrogens is 360 g/mol. The molecule has 0 N–H and O–H groups in total. The summed E-state index contributed by atoms with van der Waals surface area (Å²) in [5, 5.41) is 4.28. The van der Waals surface area contributed by atoms with Gasteiger partial charge in [0.25, 0.3) is 0 Å². The molecule has 4 heterocycles. The van der Waals surface area contributed by atoms with Crippen LogP contribution >= 0.6 is 27.3 Å². The van der Waals surface area contributed by atoms with E-state index in [1.807, 2.05) is 12.1 Å². The lowest BCUT2D eigenvalue weighted by molar-refractivity contribution is 0.579. The molecule has 4 rings (SSSR count). The summed E-state index contributed by atoms with van der Waals surface area (Å²) in [5.74, 6) is 0.810. The van der Waals surface area contributed by atoms with E-state index in [0.29, 0.717) is 0 Å². The minimum atomic E-state index is 0.810. The molecule has 4 aromatic rings. The zero-order valence-electron chi connectivity index (χ0n) is 11.9. The number of thiophene rings is 1. The van der Waals surface area contributed by atoms with Gasteiger partial charge in [-0.2, -0.15) is 11.3 Å². The Bertz CT molecular complexity index is 924. The Balaban J connectivity index is 1.99. The fourth-order valence-electron chi connectivity index (χ4n) is 2.68. The number of nitrogens with zero attached hydrogens (tertiary/aromatic N) is 2. The maximum Gasteiger partial charge on any atom is 0.154 e. The first-order valence-electron chi connectivity index (χ1n) is 6.94. The molecule has 22 heavy (non-hydrogen) atoms. The highest BCUT2D eigenvalue weighted by Gasteiger charge is 2.18. The summed E-state index contributed by atoms with van der Waals surface area (Å²) >= 11 is 5.30. The summed E-state index contributed by atoms with van der Waals surface area (Å²) in [6.07, 6.45) is 4.59. The van der Waals surface area contributed by atoms with Crippen molar-refractivity contribution in [2.75, 3.05) is 0 Å². The second-order valence-electron chi connectivity index (χ2n) is 5.23. The van der Waals surface area contributed by atoms with Crippen molar-refractivity contribution in [3.63, 3.8) is 0 Å². The van der Waals surface area contributed by atoms with Crippen molar-refractivity contribution in [1.29, 1.82) is 0 Å². The lowest BCUT2D eigenvalue weighted by Crippen LogP contribution is -1.96. The van der Waals surface area contributed by atoms with Gasteiger partial charge in [0, 0.05) is 17.1 Å². The Kier molecular flexibility index (Phi) is 3.39. The van der Waals surface area contributed by atoms with E-state index in [9.17, 15) is 0 Å². The molecule has 3 nitrogen and oxygen atoms in total. The molecule has 0 fully saturated rings. The quantitative estimate of drug-likeness (QED) is 0.487. The number of hydrogen-bond acceptors (Lipinski definition) is 3. The first-order valence-corrected chi connectivity index (χ1v) is 8.68. The SMILES string of the molecule is Cc1cc(Br)cn2c(Cc3ccsc3)c(-c3ccco3)nc12. The van der Waals surface area contributed by atoms with Crippen molar-refractivity contribution in [3.8, 4) is 11.5 Å². The highest BCUT2D eigenvalue weighted by atomic mass is 79.9. The number of rotatable bonds is 3. The normalized spacial score (nSPS) is 11.4. The zero-order chi connectivity index (χ0) is 15.1. The molecule has 0 aromatic carbocycles. The molecule has 0 aliphatic carbocycles. The van der Waals surface area contributed by atoms with Gasteiger partial charge in [-0.1, -0.05) is 0 Å². The van der Waals surface area contributed by atoms with E-state index in [4.69, 9.17) is 9.40 Å². The van der Waals surface area contributed by atoms with Crippen molar-refractivity contribution < 1.29 is 4.42 Å². The monoisotopic (exact) mass is 372 g/mol. The third kappa shape index (κ3) is 2.30. The molecule has 0 spiro atoms. The summed E-state index contributed by atoms with van der Waals surface area (Å²) in [6.45, 7) is 2.08. The molecule has 0 aliphatic rings. The highest BCUT2D eigenvalue weighted by Crippen LogP contribution is 2.29. The van der Waals surface area contributed by atoms with Crippen LogP contribution in [0.4, 0.5) is 0 Å². The number of furan rings is 1. The first kappa shape index (κ1) is 13.8. The average molecular weight is 373 g/mol. The smallest absolute Gasteiger partial charge is 0.154 e. The fraction of sp³-hybridized carbons (Fsp3) is 0.118. The van der Waals surface area contributed by atoms with Crippen molar-refractivity contribution >= 4 is 32.9 Å². The summed E-state index contributed by atoms with van der Waals surface area (Å²) < 4.78 is 8.80. The van der Waals surface area contributed by atoms with E-state index in [2.05, 4.69) is 56.3 Å². The Labute approximate surface area is 140 Å². The van der Waals surface area contributed by atoms with Gasteiger partial charge in [-0.05, 0) is 69.0 Å². The molecule has 5 heteroatoms. The lowest BCUT2D eigenvalue weighted by Gasteiger charge is -2.05. The van der Waals surface area contributed by atoms with Crippen LogP contribution in [0.5, 0.6) is 0 Å². The minimum absolute atomic E-state index is 0.810. The number of hydrogen-bond donors (Lipinski definition) is 0. The van der Waals surface area contributed by atoms with E-state index in [0.717, 1.165) is 39.3 Å². The largest absolute Gasteiger partial charge is 0.463 e. The Hall–Kier alpha value is -1.85. The maximum atomic E-state index is 5.59. The molecule has 0 atom stereocenters. The third-order valence-electron chi connectivity index (χ3n) is 3.68. The van der Waals surface area contributed by atoms with Crippen molar-refractivity contribution in [2.24, 2.45) is 0 Å². The summed E-state index contributed by atoms with van der Waals surface area (Å²) in [5.41, 5.74) is 5.46. The molecule has 0 unspecified atom stereocenters. The van der Waals surface area contributed by atoms with Gasteiger partial charge < -0.3 is 8.82 Å². The Morgan fingerprint density at radius 3 is 3.00 bits per heavy atom. The van der Waals surface area contributed by atoms with Crippen LogP contribution in [0.1, 0.15) is 16.8 Å². The van der Waals surface area contributed by atoms with Crippen LogP contribution in [0.25, 0.3) is 17.1 Å². The van der Waals surface area contributed by atoms with Gasteiger partial charge in [0.2, 0.25) is 0 Å². The van der Waals surface area contributed by atoms with E-state index in [1.54, 1.807) is 17.6 Å². The summed E-state index contributed by atoms with van der Waals surface area (Å²) in [7, 11) is 0. The number of aromatic nitrogens is 2. The van der Waals surface area contributed by atoms with Crippen molar-refractivity contribution in [3.05, 3.63) is 68.8 Å². The van der Waals surface area contributed by atoms with E-state index < -0.39 is 0 Å². The number of pyridine rings is 1. The van der Waals surface area contributed by atoms with Gasteiger partial charge >= 0.3 is 0 Å². The second-order valence-corrected chi connectivity index (χ2v) is 6.92. The van der Waals surface area contributed by atoms with Gasteiger partial charge in [0.15, 0.2) is 5.76 Å². The molecule has 110 valence electrons. The topological polar surface area (TPSA) is 30.4 Å². The molecule has 0 bridgehead atoms. The van der Waals surface area contributed by atoms with Crippen molar-refractivity contribution in [2.45, 2.75) is 13.3 Å². The Morgan fingerprint density at radius 2 is 2.27 bits per heavy atom. The van der Waals surface area contributed by atoms with Crippen molar-refractivity contribution in [1.82, 2.24) is 9.38 Å². The standard InChI is InChI=1S/C17H13BrN2OS/c1-11-7-13(18)9-20-14(8-12-4-6-22-10-12)16(19-17(11)20)15-3-2-5-21-15/h2-7,9-10H,8H2,1H3. The molecule has 0 aliphatic heterocycles. The van der Waals surface area contributed by atoms with Gasteiger partial charge in [0.1, 0.15) is 11.3 Å². The fourth-order valence-corrected chi connectivity index (χ4v) is 3.90. The van der Waals surface area contributed by atoms with Crippen LogP contribution in [0.2, 0.25) is 0 Å². The number of imidazole rings is 1. The van der Waals surface area contributed by atoms with Crippen LogP contribution in [0.3, 0.4) is 0 Å². The molecule has 0 saturated heterocycles. The maximum absolute atomic E-state index is 5.59. The molecule has 0 saturated carbocycles. The van der Waals surface area contributed by atoms with Gasteiger partial charge in [-0.15, -0.1) is 0 Å². The number of fused-ring (bicyclic) bond motifs is 1. The molecule has 4 aromatic heterocycles. The Morgan fingerprint density at radius 1 is 1.36 bits per heavy atom. The van der Waals surface area contributed by atoms with Crippen LogP contribution in [-0.2, 0) is 6.42 Å². The van der Waals surface area contributed by atoms with E-state index in [1.165, 1.54) is 5.56 Å². The van der Waals surface area contributed by atoms with Crippen LogP contribution < -0.4 is 0 Å². The molecule has 0 radical (unpaired) electrons. The summed E-state index contributed by atoms with van der Waals surface area (Å²) in [6, 6.07) is 8.10. The highest BCUT2D eigenvalue weighted by molar-refractivity contribution is 9.10. The summed E-state index contributed by atoms with van der Waals surface area (Å²) in [4.78, 5) is 4.83. The van der Waals surface area contributed by atoms with Gasteiger partial charge in [0.05, 0.1) is 12.0 Å². The predicted molar refractivity (Wildman–Crippen MR) is 92.5 cm³/mol. The zero-order valence-corrected chi connectivity index (χ0v) is 14.3. The van der Waals surface area contributed by atoms with Crippen LogP contribution in [0, 0.1) is 6.92 Å². The minimum Gasteiger partial charge on any atom is -0.463 e. The number of halogens is 1. The average Bonchev–Trinajstić information content (AvgIpc) is 3.20. The third-order valence-corrected chi connectivity index (χ3v) is 4.84. The van der Waals surface area contributed by atoms with Gasteiger partial charge in [-0.25, -0.2) is 4.98 Å². The van der Waals surface area contributed by atoms with Crippen LogP contribution in [0.15, 0.2) is 56.4 Å². The van der Waals surface area contributed by atoms with Crippen LogP contribution in [-0.4, -0.2) is 9.38 Å². The lowest BCUT2D eigenvalue weighted by atomic mass is 10.1. The second kappa shape index (κ2) is 5.41. The van der Waals surface area contributed by atoms with E-state index in [-0.39, 0.29) is 0 Å².